The first-order chi connectivity index (χ1) is 7.24. The number of rotatable bonds is 6. The molecule has 0 fully saturated rings. The summed E-state index contributed by atoms with van der Waals surface area (Å²) in [5, 5.41) is 13.2. The Morgan fingerprint density at radius 1 is 1.20 bits per heavy atom. The Morgan fingerprint density at radius 3 is 2.47 bits per heavy atom. The SMILES string of the molecule is CCCNCCC(O)c1ccc(C)cc1. The maximum absolute atomic E-state index is 9.87. The van der Waals surface area contributed by atoms with E-state index >= 15 is 0 Å². The summed E-state index contributed by atoms with van der Waals surface area (Å²) in [6.07, 6.45) is 1.58. The highest BCUT2D eigenvalue weighted by atomic mass is 16.3. The van der Waals surface area contributed by atoms with Gasteiger partial charge in [0.2, 0.25) is 0 Å². The van der Waals surface area contributed by atoms with Gasteiger partial charge in [-0.25, -0.2) is 0 Å². The summed E-state index contributed by atoms with van der Waals surface area (Å²) in [6, 6.07) is 8.08. The minimum absolute atomic E-state index is 0.338. The van der Waals surface area contributed by atoms with Crippen LogP contribution in [0.2, 0.25) is 0 Å². The molecular formula is C13H21NO. The zero-order valence-electron chi connectivity index (χ0n) is 9.66. The lowest BCUT2D eigenvalue weighted by atomic mass is 10.1. The second-order valence-corrected chi connectivity index (χ2v) is 3.97. The normalized spacial score (nSPS) is 12.7. The third kappa shape index (κ3) is 4.45. The molecule has 1 atom stereocenters. The van der Waals surface area contributed by atoms with Crippen molar-refractivity contribution in [1.29, 1.82) is 0 Å². The molecule has 0 saturated carbocycles. The van der Waals surface area contributed by atoms with Gasteiger partial charge in [-0.05, 0) is 38.4 Å². The standard InChI is InChI=1S/C13H21NO/c1-3-9-14-10-8-13(15)12-6-4-11(2)5-7-12/h4-7,13-15H,3,8-10H2,1-2H3. The van der Waals surface area contributed by atoms with Crippen molar-refractivity contribution in [3.63, 3.8) is 0 Å². The van der Waals surface area contributed by atoms with Crippen LogP contribution in [0.3, 0.4) is 0 Å². The molecule has 2 N–H and O–H groups in total. The number of nitrogens with one attached hydrogen (secondary N) is 1. The molecule has 0 aromatic heterocycles. The highest BCUT2D eigenvalue weighted by Crippen LogP contribution is 2.16. The summed E-state index contributed by atoms with van der Waals surface area (Å²) in [6.45, 7) is 6.10. The molecule has 1 unspecified atom stereocenters. The average molecular weight is 207 g/mol. The van der Waals surface area contributed by atoms with Crippen molar-refractivity contribution < 1.29 is 5.11 Å². The maximum Gasteiger partial charge on any atom is 0.0802 e. The third-order valence-electron chi connectivity index (χ3n) is 2.48. The lowest BCUT2D eigenvalue weighted by Crippen LogP contribution is -2.18. The molecule has 0 spiro atoms. The lowest BCUT2D eigenvalue weighted by Gasteiger charge is -2.11. The summed E-state index contributed by atoms with van der Waals surface area (Å²) in [5.74, 6) is 0. The lowest BCUT2D eigenvalue weighted by molar-refractivity contribution is 0.167. The van der Waals surface area contributed by atoms with Gasteiger partial charge in [0.15, 0.2) is 0 Å². The van der Waals surface area contributed by atoms with Crippen molar-refractivity contribution in [2.45, 2.75) is 32.8 Å². The molecule has 0 aliphatic heterocycles. The zero-order valence-corrected chi connectivity index (χ0v) is 9.66. The van der Waals surface area contributed by atoms with Gasteiger partial charge in [-0.3, -0.25) is 0 Å². The van der Waals surface area contributed by atoms with Gasteiger partial charge < -0.3 is 10.4 Å². The van der Waals surface area contributed by atoms with Gasteiger partial charge in [0.1, 0.15) is 0 Å². The molecule has 0 aliphatic carbocycles. The molecule has 1 aromatic carbocycles. The number of hydrogen-bond acceptors (Lipinski definition) is 2. The van der Waals surface area contributed by atoms with E-state index in [1.807, 2.05) is 24.3 Å². The molecule has 1 rings (SSSR count). The zero-order chi connectivity index (χ0) is 11.1. The fraction of sp³-hybridized carbons (Fsp3) is 0.538. The first-order valence-corrected chi connectivity index (χ1v) is 5.69. The number of benzene rings is 1. The van der Waals surface area contributed by atoms with Crippen molar-refractivity contribution in [3.05, 3.63) is 35.4 Å². The van der Waals surface area contributed by atoms with Crippen LogP contribution in [0.5, 0.6) is 0 Å². The third-order valence-corrected chi connectivity index (χ3v) is 2.48. The smallest absolute Gasteiger partial charge is 0.0802 e. The highest BCUT2D eigenvalue weighted by Gasteiger charge is 2.05. The molecule has 0 aliphatic rings. The first-order valence-electron chi connectivity index (χ1n) is 5.69. The van der Waals surface area contributed by atoms with Gasteiger partial charge >= 0.3 is 0 Å². The number of hydrogen-bond donors (Lipinski definition) is 2. The van der Waals surface area contributed by atoms with Crippen LogP contribution < -0.4 is 5.32 Å². The van der Waals surface area contributed by atoms with Crippen LogP contribution in [-0.2, 0) is 0 Å². The second-order valence-electron chi connectivity index (χ2n) is 3.97. The van der Waals surface area contributed by atoms with Gasteiger partial charge in [0, 0.05) is 0 Å². The maximum atomic E-state index is 9.87. The van der Waals surface area contributed by atoms with Crippen LogP contribution >= 0.6 is 0 Å². The topological polar surface area (TPSA) is 32.3 Å². The van der Waals surface area contributed by atoms with Crippen LogP contribution in [0, 0.1) is 6.92 Å². The molecule has 2 heteroatoms. The molecule has 0 heterocycles. The molecule has 2 nitrogen and oxygen atoms in total. The largest absolute Gasteiger partial charge is 0.388 e. The second kappa shape index (κ2) is 6.59. The monoisotopic (exact) mass is 207 g/mol. The Balaban J connectivity index is 2.33. The number of aryl methyl sites for hydroxylation is 1. The Hall–Kier alpha value is -0.860. The molecule has 0 radical (unpaired) electrons. The van der Waals surface area contributed by atoms with Crippen molar-refractivity contribution in [1.82, 2.24) is 5.32 Å². The van der Waals surface area contributed by atoms with E-state index in [0.717, 1.165) is 31.5 Å². The van der Waals surface area contributed by atoms with Crippen LogP contribution in [-0.4, -0.2) is 18.2 Å². The summed E-state index contributed by atoms with van der Waals surface area (Å²) in [4.78, 5) is 0. The van der Waals surface area contributed by atoms with E-state index in [1.165, 1.54) is 5.56 Å². The molecule has 0 bridgehead atoms. The molecule has 0 saturated heterocycles. The van der Waals surface area contributed by atoms with E-state index in [9.17, 15) is 5.11 Å². The molecule has 15 heavy (non-hydrogen) atoms. The van der Waals surface area contributed by atoms with Crippen molar-refractivity contribution in [3.8, 4) is 0 Å². The summed E-state index contributed by atoms with van der Waals surface area (Å²) >= 11 is 0. The quantitative estimate of drug-likeness (QED) is 0.702. The Bertz CT molecular complexity index is 268. The average Bonchev–Trinajstić information content (AvgIpc) is 2.25. The van der Waals surface area contributed by atoms with Crippen LogP contribution in [0.1, 0.15) is 37.0 Å². The van der Waals surface area contributed by atoms with Crippen LogP contribution in [0.4, 0.5) is 0 Å². The summed E-state index contributed by atoms with van der Waals surface area (Å²) < 4.78 is 0. The van der Waals surface area contributed by atoms with Crippen molar-refractivity contribution in [2.24, 2.45) is 0 Å². The molecule has 1 aromatic rings. The summed E-state index contributed by atoms with van der Waals surface area (Å²) in [5.41, 5.74) is 2.24. The van der Waals surface area contributed by atoms with Gasteiger partial charge in [0.25, 0.3) is 0 Å². The number of aliphatic hydroxyl groups is 1. The van der Waals surface area contributed by atoms with Crippen molar-refractivity contribution >= 4 is 0 Å². The Morgan fingerprint density at radius 2 is 1.87 bits per heavy atom. The first kappa shape index (κ1) is 12.2. The minimum Gasteiger partial charge on any atom is -0.388 e. The van der Waals surface area contributed by atoms with E-state index in [4.69, 9.17) is 0 Å². The van der Waals surface area contributed by atoms with Crippen LogP contribution in [0.15, 0.2) is 24.3 Å². The summed E-state index contributed by atoms with van der Waals surface area (Å²) in [7, 11) is 0. The predicted molar refractivity (Wildman–Crippen MR) is 63.9 cm³/mol. The number of aliphatic hydroxyl groups excluding tert-OH is 1. The van der Waals surface area contributed by atoms with E-state index in [0.29, 0.717) is 0 Å². The molecule has 84 valence electrons. The Kier molecular flexibility index (Phi) is 5.37. The van der Waals surface area contributed by atoms with Gasteiger partial charge in [0.05, 0.1) is 6.10 Å². The molecule has 0 amide bonds. The highest BCUT2D eigenvalue weighted by molar-refractivity contribution is 5.22. The van der Waals surface area contributed by atoms with Crippen molar-refractivity contribution in [2.75, 3.05) is 13.1 Å². The molecular weight excluding hydrogens is 186 g/mol. The van der Waals surface area contributed by atoms with Gasteiger partial charge in [-0.1, -0.05) is 36.8 Å². The van der Waals surface area contributed by atoms with Gasteiger partial charge in [-0.2, -0.15) is 0 Å². The van der Waals surface area contributed by atoms with E-state index < -0.39 is 0 Å². The fourth-order valence-electron chi connectivity index (χ4n) is 1.50. The minimum atomic E-state index is -0.338. The predicted octanol–water partition coefficient (Wildman–Crippen LogP) is 2.42. The van der Waals surface area contributed by atoms with Crippen LogP contribution in [0.25, 0.3) is 0 Å². The van der Waals surface area contributed by atoms with Gasteiger partial charge in [-0.15, -0.1) is 0 Å². The Labute approximate surface area is 92.3 Å². The van der Waals surface area contributed by atoms with E-state index in [2.05, 4.69) is 19.2 Å². The van der Waals surface area contributed by atoms with E-state index in [-0.39, 0.29) is 6.10 Å². The van der Waals surface area contributed by atoms with E-state index in [1.54, 1.807) is 0 Å². The fourth-order valence-corrected chi connectivity index (χ4v) is 1.50.